The predicted molar refractivity (Wildman–Crippen MR) is 71.7 cm³/mol. The number of sulfone groups is 1. The van der Waals surface area contributed by atoms with Crippen molar-refractivity contribution >= 4 is 31.5 Å². The molecule has 0 atom stereocenters. The van der Waals surface area contributed by atoms with Crippen LogP contribution in [0.15, 0.2) is 22.7 Å². The SMILES string of the molecule is CCS(=O)(=O)CCNc1cccc(Br)c1C. The monoisotopic (exact) mass is 305 g/mol. The Bertz CT molecular complexity index is 457. The van der Waals surface area contributed by atoms with Gasteiger partial charge in [-0.2, -0.15) is 0 Å². The van der Waals surface area contributed by atoms with Crippen LogP contribution in [-0.4, -0.2) is 26.5 Å². The highest BCUT2D eigenvalue weighted by Crippen LogP contribution is 2.23. The van der Waals surface area contributed by atoms with Gasteiger partial charge in [0.2, 0.25) is 0 Å². The van der Waals surface area contributed by atoms with E-state index >= 15 is 0 Å². The Morgan fingerprint density at radius 2 is 2.06 bits per heavy atom. The number of rotatable bonds is 5. The van der Waals surface area contributed by atoms with Gasteiger partial charge in [-0.3, -0.25) is 0 Å². The van der Waals surface area contributed by atoms with E-state index < -0.39 is 9.84 Å². The Kier molecular flexibility index (Phi) is 4.80. The Labute approximate surface area is 105 Å². The van der Waals surface area contributed by atoms with Crippen LogP contribution < -0.4 is 5.32 Å². The van der Waals surface area contributed by atoms with Gasteiger partial charge >= 0.3 is 0 Å². The van der Waals surface area contributed by atoms with Crippen LogP contribution in [0.1, 0.15) is 12.5 Å². The van der Waals surface area contributed by atoms with Gasteiger partial charge < -0.3 is 5.32 Å². The van der Waals surface area contributed by atoms with Crippen LogP contribution in [-0.2, 0) is 9.84 Å². The van der Waals surface area contributed by atoms with Gasteiger partial charge in [0.25, 0.3) is 0 Å². The van der Waals surface area contributed by atoms with E-state index in [1.54, 1.807) is 6.92 Å². The molecule has 1 rings (SSSR count). The van der Waals surface area contributed by atoms with E-state index in [2.05, 4.69) is 21.2 Å². The molecule has 1 aromatic rings. The maximum atomic E-state index is 11.3. The summed E-state index contributed by atoms with van der Waals surface area (Å²) in [7, 11) is -2.89. The average molecular weight is 306 g/mol. The van der Waals surface area contributed by atoms with Gasteiger partial charge in [-0.15, -0.1) is 0 Å². The number of hydrogen-bond acceptors (Lipinski definition) is 3. The molecular weight excluding hydrogens is 290 g/mol. The van der Waals surface area contributed by atoms with E-state index in [0.717, 1.165) is 15.7 Å². The third-order valence-electron chi connectivity index (χ3n) is 2.44. The lowest BCUT2D eigenvalue weighted by atomic mass is 10.2. The summed E-state index contributed by atoms with van der Waals surface area (Å²) in [6, 6.07) is 5.83. The van der Waals surface area contributed by atoms with Gasteiger partial charge in [0.1, 0.15) is 0 Å². The summed E-state index contributed by atoms with van der Waals surface area (Å²) < 4.78 is 23.6. The molecular formula is C11H16BrNO2S. The molecule has 0 bridgehead atoms. The smallest absolute Gasteiger partial charge is 0.151 e. The van der Waals surface area contributed by atoms with E-state index in [-0.39, 0.29) is 11.5 Å². The lowest BCUT2D eigenvalue weighted by Crippen LogP contribution is -2.17. The van der Waals surface area contributed by atoms with E-state index in [1.807, 2.05) is 25.1 Å². The first-order valence-corrected chi connectivity index (χ1v) is 7.77. The highest BCUT2D eigenvalue weighted by Gasteiger charge is 2.07. The minimum absolute atomic E-state index is 0.176. The van der Waals surface area contributed by atoms with Crippen molar-refractivity contribution < 1.29 is 8.42 Å². The van der Waals surface area contributed by atoms with Crippen LogP contribution in [0.25, 0.3) is 0 Å². The zero-order valence-electron chi connectivity index (χ0n) is 9.46. The molecule has 1 N–H and O–H groups in total. The van der Waals surface area contributed by atoms with E-state index in [4.69, 9.17) is 0 Å². The van der Waals surface area contributed by atoms with Crippen molar-refractivity contribution in [1.29, 1.82) is 0 Å². The Morgan fingerprint density at radius 1 is 1.38 bits per heavy atom. The minimum atomic E-state index is -2.89. The molecule has 1 aromatic carbocycles. The fourth-order valence-corrected chi connectivity index (χ4v) is 2.35. The molecule has 0 aliphatic rings. The molecule has 0 saturated heterocycles. The van der Waals surface area contributed by atoms with Crippen LogP contribution >= 0.6 is 15.9 Å². The summed E-state index contributed by atoms with van der Waals surface area (Å²) >= 11 is 3.43. The van der Waals surface area contributed by atoms with Crippen molar-refractivity contribution in [2.24, 2.45) is 0 Å². The standard InChI is InChI=1S/C11H16BrNO2S/c1-3-16(14,15)8-7-13-11-6-4-5-10(12)9(11)2/h4-6,13H,3,7-8H2,1-2H3. The second-order valence-electron chi connectivity index (χ2n) is 3.58. The molecule has 0 spiro atoms. The third kappa shape index (κ3) is 3.79. The fourth-order valence-electron chi connectivity index (χ4n) is 1.28. The second-order valence-corrected chi connectivity index (χ2v) is 6.90. The number of halogens is 1. The largest absolute Gasteiger partial charge is 0.384 e. The summed E-state index contributed by atoms with van der Waals surface area (Å²) in [4.78, 5) is 0. The topological polar surface area (TPSA) is 46.2 Å². The summed E-state index contributed by atoms with van der Waals surface area (Å²) in [5, 5.41) is 3.14. The lowest BCUT2D eigenvalue weighted by molar-refractivity contribution is 0.597. The summed E-state index contributed by atoms with van der Waals surface area (Å²) in [6.07, 6.45) is 0. The Balaban J connectivity index is 2.59. The molecule has 16 heavy (non-hydrogen) atoms. The van der Waals surface area contributed by atoms with Gasteiger partial charge in [0, 0.05) is 22.5 Å². The number of benzene rings is 1. The quantitative estimate of drug-likeness (QED) is 0.909. The number of anilines is 1. The first kappa shape index (κ1) is 13.5. The zero-order chi connectivity index (χ0) is 12.2. The van der Waals surface area contributed by atoms with Gasteiger partial charge in [-0.1, -0.05) is 28.9 Å². The lowest BCUT2D eigenvalue weighted by Gasteiger charge is -2.10. The fraction of sp³-hybridized carbons (Fsp3) is 0.455. The maximum Gasteiger partial charge on any atom is 0.151 e. The van der Waals surface area contributed by atoms with Crippen LogP contribution in [0.4, 0.5) is 5.69 Å². The van der Waals surface area contributed by atoms with Crippen LogP contribution in [0, 0.1) is 6.92 Å². The van der Waals surface area contributed by atoms with Crippen molar-refractivity contribution in [3.05, 3.63) is 28.2 Å². The molecule has 5 heteroatoms. The van der Waals surface area contributed by atoms with Crippen molar-refractivity contribution in [3.8, 4) is 0 Å². The van der Waals surface area contributed by atoms with Crippen molar-refractivity contribution in [2.45, 2.75) is 13.8 Å². The van der Waals surface area contributed by atoms with Crippen molar-refractivity contribution in [3.63, 3.8) is 0 Å². The molecule has 0 radical (unpaired) electrons. The summed E-state index contributed by atoms with van der Waals surface area (Å²) in [6.45, 7) is 4.11. The molecule has 0 aliphatic carbocycles. The minimum Gasteiger partial charge on any atom is -0.384 e. The van der Waals surface area contributed by atoms with E-state index in [9.17, 15) is 8.42 Å². The van der Waals surface area contributed by atoms with Crippen LogP contribution in [0.5, 0.6) is 0 Å². The number of hydrogen-bond donors (Lipinski definition) is 1. The molecule has 0 amide bonds. The van der Waals surface area contributed by atoms with Crippen LogP contribution in [0.2, 0.25) is 0 Å². The third-order valence-corrected chi connectivity index (χ3v) is 5.00. The van der Waals surface area contributed by atoms with Gasteiger partial charge in [0.15, 0.2) is 9.84 Å². The summed E-state index contributed by atoms with van der Waals surface area (Å²) in [5.74, 6) is 0.377. The molecule has 0 heterocycles. The van der Waals surface area contributed by atoms with E-state index in [0.29, 0.717) is 6.54 Å². The van der Waals surface area contributed by atoms with Crippen molar-refractivity contribution in [2.75, 3.05) is 23.4 Å². The van der Waals surface area contributed by atoms with Gasteiger partial charge in [-0.25, -0.2) is 8.42 Å². The Morgan fingerprint density at radius 3 is 2.69 bits per heavy atom. The molecule has 0 saturated carbocycles. The number of nitrogens with one attached hydrogen (secondary N) is 1. The van der Waals surface area contributed by atoms with Crippen molar-refractivity contribution in [1.82, 2.24) is 0 Å². The average Bonchev–Trinajstić information content (AvgIpc) is 2.24. The zero-order valence-corrected chi connectivity index (χ0v) is 11.9. The molecule has 0 aliphatic heterocycles. The van der Waals surface area contributed by atoms with Gasteiger partial charge in [0.05, 0.1) is 5.75 Å². The Hall–Kier alpha value is -0.550. The molecule has 90 valence electrons. The normalized spacial score (nSPS) is 11.4. The summed E-state index contributed by atoms with van der Waals surface area (Å²) in [5.41, 5.74) is 2.07. The highest BCUT2D eigenvalue weighted by atomic mass is 79.9. The highest BCUT2D eigenvalue weighted by molar-refractivity contribution is 9.10. The maximum absolute atomic E-state index is 11.3. The predicted octanol–water partition coefficient (Wildman–Crippen LogP) is 2.60. The molecule has 0 unspecified atom stereocenters. The molecule has 3 nitrogen and oxygen atoms in total. The first-order valence-electron chi connectivity index (χ1n) is 5.15. The molecule has 0 aromatic heterocycles. The second kappa shape index (κ2) is 5.68. The van der Waals surface area contributed by atoms with Gasteiger partial charge in [-0.05, 0) is 24.6 Å². The first-order chi connectivity index (χ1) is 7.46. The van der Waals surface area contributed by atoms with Crippen LogP contribution in [0.3, 0.4) is 0 Å². The van der Waals surface area contributed by atoms with E-state index in [1.165, 1.54) is 0 Å². The molecule has 0 fully saturated rings.